The summed E-state index contributed by atoms with van der Waals surface area (Å²) in [6, 6.07) is 5.63. The van der Waals surface area contributed by atoms with Gasteiger partial charge in [0.2, 0.25) is 5.91 Å². The molecule has 2 rings (SSSR count). The number of nitrogens with one attached hydrogen (secondary N) is 1. The Balaban J connectivity index is 1.84. The molecule has 24 heavy (non-hydrogen) atoms. The number of amides is 1. The van der Waals surface area contributed by atoms with Crippen LogP contribution in [-0.2, 0) is 4.79 Å². The van der Waals surface area contributed by atoms with Crippen molar-refractivity contribution in [2.24, 2.45) is 5.41 Å². The first-order valence-corrected chi connectivity index (χ1v) is 8.85. The van der Waals surface area contributed by atoms with Crippen LogP contribution < -0.4 is 10.2 Å². The molecule has 1 heterocycles. The highest BCUT2D eigenvalue weighted by molar-refractivity contribution is 6.42. The van der Waals surface area contributed by atoms with Crippen LogP contribution >= 0.6 is 23.2 Å². The molecular weight excluding hydrogens is 345 g/mol. The lowest BCUT2D eigenvalue weighted by molar-refractivity contribution is -0.130. The second kappa shape index (κ2) is 7.66. The van der Waals surface area contributed by atoms with E-state index >= 15 is 0 Å². The smallest absolute Gasteiger partial charge is 0.241 e. The Morgan fingerprint density at radius 1 is 1.17 bits per heavy atom. The molecule has 1 aromatic rings. The predicted molar refractivity (Wildman–Crippen MR) is 102 cm³/mol. The maximum Gasteiger partial charge on any atom is 0.241 e. The fraction of sp³-hybridized carbons (Fsp3) is 0.500. The van der Waals surface area contributed by atoms with E-state index in [1.165, 1.54) is 0 Å². The summed E-state index contributed by atoms with van der Waals surface area (Å²) < 4.78 is 0. The first kappa shape index (κ1) is 18.9. The van der Waals surface area contributed by atoms with Crippen molar-refractivity contribution in [2.45, 2.75) is 20.8 Å². The van der Waals surface area contributed by atoms with Crippen molar-refractivity contribution in [1.82, 2.24) is 10.2 Å². The molecule has 0 unspecified atom stereocenters. The first-order valence-electron chi connectivity index (χ1n) is 8.09. The molecule has 4 nitrogen and oxygen atoms in total. The van der Waals surface area contributed by atoms with E-state index in [2.05, 4.69) is 37.6 Å². The lowest BCUT2D eigenvalue weighted by Crippen LogP contribution is -2.51. The molecular formula is C18H25Cl2N3O. The molecule has 6 heteroatoms. The van der Waals surface area contributed by atoms with Gasteiger partial charge in [0.1, 0.15) is 0 Å². The summed E-state index contributed by atoms with van der Waals surface area (Å²) in [4.78, 5) is 16.4. The SMILES string of the molecule is C=C(NCC(=O)N1CCN(c2ccc(Cl)c(Cl)c2)CC1)C(C)(C)C. The fourth-order valence-corrected chi connectivity index (χ4v) is 2.75. The number of halogens is 2. The third-order valence-corrected chi connectivity index (χ3v) is 5.00. The molecule has 1 aliphatic rings. The Morgan fingerprint density at radius 3 is 2.33 bits per heavy atom. The Morgan fingerprint density at radius 2 is 1.79 bits per heavy atom. The number of rotatable bonds is 4. The Bertz CT molecular complexity index is 617. The third-order valence-electron chi connectivity index (χ3n) is 4.26. The van der Waals surface area contributed by atoms with E-state index in [-0.39, 0.29) is 11.3 Å². The molecule has 0 atom stereocenters. The number of hydrogen-bond acceptors (Lipinski definition) is 3. The molecule has 132 valence electrons. The minimum absolute atomic E-state index is 0.0488. The number of piperazine rings is 1. The van der Waals surface area contributed by atoms with Gasteiger partial charge in [-0.25, -0.2) is 0 Å². The number of carbonyl (C=O) groups is 1. The summed E-state index contributed by atoms with van der Waals surface area (Å²) in [6.45, 7) is 13.5. The number of nitrogens with zero attached hydrogens (tertiary/aromatic N) is 2. The second-order valence-electron chi connectivity index (χ2n) is 7.05. The van der Waals surface area contributed by atoms with Crippen LogP contribution in [0.15, 0.2) is 30.5 Å². The highest BCUT2D eigenvalue weighted by Crippen LogP contribution is 2.27. The van der Waals surface area contributed by atoms with Crippen LogP contribution in [0.25, 0.3) is 0 Å². The molecule has 1 fully saturated rings. The molecule has 0 aromatic heterocycles. The van der Waals surface area contributed by atoms with Gasteiger partial charge in [0.15, 0.2) is 0 Å². The van der Waals surface area contributed by atoms with Crippen molar-refractivity contribution in [3.63, 3.8) is 0 Å². The summed E-state index contributed by atoms with van der Waals surface area (Å²) >= 11 is 12.0. The van der Waals surface area contributed by atoms with Crippen LogP contribution in [0.1, 0.15) is 20.8 Å². The van der Waals surface area contributed by atoms with Crippen LogP contribution in [0.5, 0.6) is 0 Å². The zero-order chi connectivity index (χ0) is 17.9. The molecule has 1 saturated heterocycles. The molecule has 0 radical (unpaired) electrons. The maximum atomic E-state index is 12.3. The van der Waals surface area contributed by atoms with Crippen molar-refractivity contribution in [3.05, 3.63) is 40.5 Å². The standard InChI is InChI=1S/C18H25Cl2N3O/c1-13(18(2,3)4)21-12-17(24)23-9-7-22(8-10-23)14-5-6-15(19)16(20)11-14/h5-6,11,21H,1,7-10,12H2,2-4H3. The number of carbonyl (C=O) groups excluding carboxylic acids is 1. The van der Waals surface area contributed by atoms with E-state index < -0.39 is 0 Å². The highest BCUT2D eigenvalue weighted by Gasteiger charge is 2.22. The predicted octanol–water partition coefficient (Wildman–Crippen LogP) is 3.79. The first-order chi connectivity index (χ1) is 11.2. The number of hydrogen-bond donors (Lipinski definition) is 1. The average Bonchev–Trinajstić information content (AvgIpc) is 2.54. The summed E-state index contributed by atoms with van der Waals surface area (Å²) in [6.07, 6.45) is 0. The van der Waals surface area contributed by atoms with Gasteiger partial charge in [-0.05, 0) is 18.2 Å². The largest absolute Gasteiger partial charge is 0.380 e. The minimum Gasteiger partial charge on any atom is -0.380 e. The molecule has 1 N–H and O–H groups in total. The van der Waals surface area contributed by atoms with Crippen LogP contribution in [0, 0.1) is 5.41 Å². The minimum atomic E-state index is -0.0488. The van der Waals surface area contributed by atoms with Crippen LogP contribution in [0.4, 0.5) is 5.69 Å². The maximum absolute atomic E-state index is 12.3. The van der Waals surface area contributed by atoms with Crippen LogP contribution in [0.2, 0.25) is 10.0 Å². The van der Waals surface area contributed by atoms with Gasteiger partial charge in [0.25, 0.3) is 0 Å². The van der Waals surface area contributed by atoms with E-state index in [9.17, 15) is 4.79 Å². The normalized spacial score (nSPS) is 15.4. The van der Waals surface area contributed by atoms with Gasteiger partial charge >= 0.3 is 0 Å². The zero-order valence-electron chi connectivity index (χ0n) is 14.5. The molecule has 0 spiro atoms. The second-order valence-corrected chi connectivity index (χ2v) is 7.86. The molecule has 1 aromatic carbocycles. The fourth-order valence-electron chi connectivity index (χ4n) is 2.46. The Hall–Kier alpha value is -1.39. The number of anilines is 1. The highest BCUT2D eigenvalue weighted by atomic mass is 35.5. The summed E-state index contributed by atoms with van der Waals surface area (Å²) in [5.41, 5.74) is 1.87. The van der Waals surface area contributed by atoms with Crippen molar-refractivity contribution < 1.29 is 4.79 Å². The van der Waals surface area contributed by atoms with Gasteiger partial charge in [0, 0.05) is 43.0 Å². The number of benzene rings is 1. The van der Waals surface area contributed by atoms with E-state index in [0.29, 0.717) is 29.7 Å². The average molecular weight is 370 g/mol. The van der Waals surface area contributed by atoms with E-state index in [1.54, 1.807) is 6.07 Å². The topological polar surface area (TPSA) is 35.6 Å². The summed E-state index contributed by atoms with van der Waals surface area (Å²) in [7, 11) is 0. The number of allylic oxidation sites excluding steroid dienone is 1. The van der Waals surface area contributed by atoms with Gasteiger partial charge in [-0.3, -0.25) is 4.79 Å². The molecule has 0 bridgehead atoms. The van der Waals surface area contributed by atoms with Crippen molar-refractivity contribution in [3.8, 4) is 0 Å². The van der Waals surface area contributed by atoms with Crippen LogP contribution in [-0.4, -0.2) is 43.5 Å². The van der Waals surface area contributed by atoms with Crippen molar-refractivity contribution in [2.75, 3.05) is 37.6 Å². The van der Waals surface area contributed by atoms with Gasteiger partial charge in [-0.15, -0.1) is 0 Å². The van der Waals surface area contributed by atoms with Crippen molar-refractivity contribution >= 4 is 34.8 Å². The Kier molecular flexibility index (Phi) is 6.05. The monoisotopic (exact) mass is 369 g/mol. The lowest BCUT2D eigenvalue weighted by Gasteiger charge is -2.36. The lowest BCUT2D eigenvalue weighted by atomic mass is 9.93. The van der Waals surface area contributed by atoms with Gasteiger partial charge in [0.05, 0.1) is 16.6 Å². The molecule has 0 saturated carbocycles. The summed E-state index contributed by atoms with van der Waals surface area (Å²) in [5.74, 6) is 0.106. The third kappa shape index (κ3) is 4.81. The van der Waals surface area contributed by atoms with Gasteiger partial charge in [-0.1, -0.05) is 50.6 Å². The van der Waals surface area contributed by atoms with E-state index in [0.717, 1.165) is 24.5 Å². The van der Waals surface area contributed by atoms with Crippen LogP contribution in [0.3, 0.4) is 0 Å². The van der Waals surface area contributed by atoms with Gasteiger partial charge in [-0.2, -0.15) is 0 Å². The molecule has 0 aliphatic carbocycles. The van der Waals surface area contributed by atoms with E-state index in [1.807, 2.05) is 17.0 Å². The summed E-state index contributed by atoms with van der Waals surface area (Å²) in [5, 5.41) is 4.25. The van der Waals surface area contributed by atoms with Crippen molar-refractivity contribution in [1.29, 1.82) is 0 Å². The molecule has 1 aliphatic heterocycles. The zero-order valence-corrected chi connectivity index (χ0v) is 16.0. The van der Waals surface area contributed by atoms with Gasteiger partial charge < -0.3 is 15.1 Å². The quantitative estimate of drug-likeness (QED) is 0.876. The van der Waals surface area contributed by atoms with E-state index in [4.69, 9.17) is 23.2 Å². The Labute approximate surface area is 154 Å². The molecule has 1 amide bonds.